The number of hydrogen-bond donors (Lipinski definition) is 2. The van der Waals surface area contributed by atoms with Crippen LogP contribution in [0.1, 0.15) is 31.0 Å². The molecule has 3 rings (SSSR count). The Balaban J connectivity index is 1.60. The molecule has 1 unspecified atom stereocenters. The zero-order chi connectivity index (χ0) is 23.7. The van der Waals surface area contributed by atoms with E-state index in [4.69, 9.17) is 5.21 Å². The quantitative estimate of drug-likeness (QED) is 0.349. The molecule has 2 N–H and O–H groups in total. The molecule has 2 heterocycles. The van der Waals surface area contributed by atoms with Crippen molar-refractivity contribution in [1.29, 1.82) is 0 Å². The van der Waals surface area contributed by atoms with Crippen LogP contribution < -0.4 is 5.48 Å². The van der Waals surface area contributed by atoms with Gasteiger partial charge in [-0.2, -0.15) is 0 Å². The molecule has 1 fully saturated rings. The molecule has 0 radical (unpaired) electrons. The highest BCUT2D eigenvalue weighted by Gasteiger charge is 2.44. The molecule has 3 atom stereocenters. The number of carbonyl (C=O) groups is 2. The summed E-state index contributed by atoms with van der Waals surface area (Å²) in [6, 6.07) is 1.48. The predicted molar refractivity (Wildman–Crippen MR) is 118 cm³/mol. The molecule has 0 aromatic carbocycles. The first-order valence-electron chi connectivity index (χ1n) is 10.3. The summed E-state index contributed by atoms with van der Waals surface area (Å²) >= 11 is 0. The van der Waals surface area contributed by atoms with E-state index < -0.39 is 20.5 Å². The van der Waals surface area contributed by atoms with E-state index in [9.17, 15) is 18.0 Å². The van der Waals surface area contributed by atoms with E-state index in [2.05, 4.69) is 28.6 Å². The van der Waals surface area contributed by atoms with Crippen molar-refractivity contribution < 1.29 is 23.2 Å². The molecule has 2 aliphatic rings. The molecule has 172 valence electrons. The molecule has 0 bridgehead atoms. The van der Waals surface area contributed by atoms with E-state index >= 15 is 0 Å². The monoisotopic (exact) mass is 460 g/mol. The number of rotatable bonds is 7. The van der Waals surface area contributed by atoms with Crippen LogP contribution in [0.25, 0.3) is 0 Å². The molecule has 1 aromatic rings. The van der Waals surface area contributed by atoms with Gasteiger partial charge in [0.2, 0.25) is 0 Å². The van der Waals surface area contributed by atoms with Crippen LogP contribution in [-0.2, 0) is 21.2 Å². The third-order valence-electron chi connectivity index (χ3n) is 6.04. The van der Waals surface area contributed by atoms with Crippen LogP contribution in [-0.4, -0.2) is 78.1 Å². The van der Waals surface area contributed by atoms with Gasteiger partial charge in [0.1, 0.15) is 0 Å². The lowest BCUT2D eigenvalue weighted by molar-refractivity contribution is -0.131. The van der Waals surface area contributed by atoms with Crippen molar-refractivity contribution in [3.63, 3.8) is 0 Å². The number of hydrogen-bond acceptors (Lipinski definition) is 6. The zero-order valence-corrected chi connectivity index (χ0v) is 19.5. The summed E-state index contributed by atoms with van der Waals surface area (Å²) in [7, 11) is 0.278. The Labute approximate surface area is 188 Å². The minimum absolute atomic E-state index is 0.0412. The molecule has 1 aliphatic heterocycles. The van der Waals surface area contributed by atoms with Gasteiger partial charge in [-0.25, -0.2) is 18.7 Å². The second-order valence-corrected chi connectivity index (χ2v) is 11.3. The second-order valence-electron chi connectivity index (χ2n) is 8.87. The summed E-state index contributed by atoms with van der Waals surface area (Å²) in [6.07, 6.45) is 3.52. The highest BCUT2D eigenvalue weighted by molar-refractivity contribution is 7.92. The Morgan fingerprint density at radius 2 is 2.09 bits per heavy atom. The molecule has 9 nitrogen and oxygen atoms in total. The van der Waals surface area contributed by atoms with E-state index in [1.165, 1.54) is 21.9 Å². The first-order valence-corrected chi connectivity index (χ1v) is 12.2. The van der Waals surface area contributed by atoms with Gasteiger partial charge in [0.05, 0.1) is 6.54 Å². The van der Waals surface area contributed by atoms with Crippen LogP contribution in [0.5, 0.6) is 0 Å². The number of nitrogens with one attached hydrogen (secondary N) is 1. The molecule has 1 aromatic heterocycles. The summed E-state index contributed by atoms with van der Waals surface area (Å²) < 4.78 is 23.8. The molecule has 32 heavy (non-hydrogen) atoms. The van der Waals surface area contributed by atoms with Gasteiger partial charge >= 0.3 is 6.03 Å². The molecule has 2 amide bonds. The molecular weight excluding hydrogens is 432 g/mol. The molecule has 0 spiro atoms. The Hall–Kier alpha value is -2.79. The first kappa shape index (κ1) is 23.9. The van der Waals surface area contributed by atoms with Gasteiger partial charge in [-0.3, -0.25) is 14.6 Å². The Bertz CT molecular complexity index is 1150. The Morgan fingerprint density at radius 1 is 1.38 bits per heavy atom. The van der Waals surface area contributed by atoms with Crippen molar-refractivity contribution in [3.8, 4) is 23.7 Å². The maximum absolute atomic E-state index is 12.7. The third kappa shape index (κ3) is 4.99. The Kier molecular flexibility index (Phi) is 6.70. The van der Waals surface area contributed by atoms with Crippen molar-refractivity contribution in [1.82, 2.24) is 19.8 Å². The average molecular weight is 461 g/mol. The van der Waals surface area contributed by atoms with Gasteiger partial charge in [0.25, 0.3) is 5.91 Å². The fraction of sp³-hybridized carbons (Fsp3) is 0.545. The average Bonchev–Trinajstić information content (AvgIpc) is 3.19. The number of nitrogens with zero attached hydrogens (tertiary/aromatic N) is 3. The van der Waals surface area contributed by atoms with E-state index in [0.717, 1.165) is 24.9 Å². The molecule has 10 heteroatoms. The van der Waals surface area contributed by atoms with Crippen LogP contribution in [0.15, 0.2) is 12.3 Å². The summed E-state index contributed by atoms with van der Waals surface area (Å²) in [5.74, 6) is 11.9. The number of aromatic nitrogens is 1. The van der Waals surface area contributed by atoms with Crippen LogP contribution in [0.2, 0.25) is 0 Å². The molecular formula is C22H28N4O5S. The summed E-state index contributed by atoms with van der Waals surface area (Å²) in [6.45, 7) is 2.58. The molecule has 0 saturated heterocycles. The van der Waals surface area contributed by atoms with E-state index in [1.807, 2.05) is 14.1 Å². The van der Waals surface area contributed by atoms with Gasteiger partial charge in [-0.15, -0.1) is 0 Å². The molecule has 1 aliphatic carbocycles. The third-order valence-corrected chi connectivity index (χ3v) is 8.06. The first-order chi connectivity index (χ1) is 15.0. The number of amides is 2. The highest BCUT2D eigenvalue weighted by atomic mass is 32.2. The van der Waals surface area contributed by atoms with Crippen molar-refractivity contribution in [2.45, 2.75) is 31.1 Å². The van der Waals surface area contributed by atoms with Crippen LogP contribution in [0, 0.1) is 35.5 Å². The maximum Gasteiger partial charge on any atom is 0.328 e. The van der Waals surface area contributed by atoms with Crippen molar-refractivity contribution >= 4 is 21.8 Å². The molecule has 1 saturated carbocycles. The van der Waals surface area contributed by atoms with Crippen LogP contribution in [0.4, 0.5) is 4.79 Å². The lowest BCUT2D eigenvalue weighted by Crippen LogP contribution is -2.50. The van der Waals surface area contributed by atoms with E-state index in [-0.39, 0.29) is 25.5 Å². The SMILES string of the molecule is CN(C)C[C@@H]1CC1C#CC#Cc1cc2n(c1)C(=O)N(CC[C@](C)(C(=O)NO)S(C)(=O)=O)C2. The van der Waals surface area contributed by atoms with Crippen LogP contribution in [0.3, 0.4) is 0 Å². The number of sulfone groups is 1. The van der Waals surface area contributed by atoms with Crippen molar-refractivity contribution in [3.05, 3.63) is 23.5 Å². The number of carbonyl (C=O) groups excluding carboxylic acids is 2. The van der Waals surface area contributed by atoms with Gasteiger partial charge in [0.15, 0.2) is 14.6 Å². The number of fused-ring (bicyclic) bond motifs is 1. The number of hydroxylamine groups is 1. The van der Waals surface area contributed by atoms with E-state index in [0.29, 0.717) is 17.4 Å². The lowest BCUT2D eigenvalue weighted by Gasteiger charge is -2.27. The topological polar surface area (TPSA) is 112 Å². The largest absolute Gasteiger partial charge is 0.328 e. The minimum Gasteiger partial charge on any atom is -0.318 e. The predicted octanol–water partition coefficient (Wildman–Crippen LogP) is 0.523. The summed E-state index contributed by atoms with van der Waals surface area (Å²) in [5.41, 5.74) is 2.82. The van der Waals surface area contributed by atoms with Gasteiger partial charge in [0, 0.05) is 42.7 Å². The Morgan fingerprint density at radius 3 is 2.69 bits per heavy atom. The maximum atomic E-state index is 12.7. The van der Waals surface area contributed by atoms with Gasteiger partial charge in [-0.05, 0) is 57.7 Å². The smallest absolute Gasteiger partial charge is 0.318 e. The summed E-state index contributed by atoms with van der Waals surface area (Å²) in [4.78, 5) is 28.2. The lowest BCUT2D eigenvalue weighted by atomic mass is 10.1. The zero-order valence-electron chi connectivity index (χ0n) is 18.7. The summed E-state index contributed by atoms with van der Waals surface area (Å²) in [5, 5.41) is 8.91. The minimum atomic E-state index is -3.82. The standard InChI is InChI=1S/C22H28N4O5S/c1-22(20(27)23-29,32(4,30)31)9-10-25-15-19-11-16(13-26(19)21(25)28)7-5-6-8-17-12-18(17)14-24(2)3/h11,13,17-18,29H,9-10,12,14-15H2,1-4H3,(H,23,27)/t17?,18-,22+/m0/s1. The highest BCUT2D eigenvalue weighted by Crippen LogP contribution is 2.37. The fourth-order valence-electron chi connectivity index (χ4n) is 3.73. The van der Waals surface area contributed by atoms with Crippen molar-refractivity contribution in [2.75, 3.05) is 33.4 Å². The fourth-order valence-corrected chi connectivity index (χ4v) is 4.57. The van der Waals surface area contributed by atoms with Crippen LogP contribution >= 0.6 is 0 Å². The second kappa shape index (κ2) is 8.99. The van der Waals surface area contributed by atoms with Gasteiger partial charge in [-0.1, -0.05) is 11.8 Å². The normalized spacial score (nSPS) is 21.2. The van der Waals surface area contributed by atoms with E-state index in [1.54, 1.807) is 12.3 Å². The van der Waals surface area contributed by atoms with Crippen molar-refractivity contribution in [2.24, 2.45) is 11.8 Å². The van der Waals surface area contributed by atoms with Gasteiger partial charge < -0.3 is 9.80 Å².